The molecule has 4 heteroatoms. The van der Waals surface area contributed by atoms with Crippen LogP contribution in [0, 0.1) is 5.92 Å². The zero-order valence-electron chi connectivity index (χ0n) is 8.42. The van der Waals surface area contributed by atoms with Crippen molar-refractivity contribution in [1.82, 2.24) is 10.6 Å². The smallest absolute Gasteiger partial charge is 0.224 e. The number of thioether (sulfide) groups is 1. The molecule has 0 aliphatic carbocycles. The number of piperidine rings is 1. The molecule has 2 saturated heterocycles. The van der Waals surface area contributed by atoms with Gasteiger partial charge in [0.05, 0.1) is 0 Å². The van der Waals surface area contributed by atoms with E-state index >= 15 is 0 Å². The van der Waals surface area contributed by atoms with Crippen LogP contribution in [0.25, 0.3) is 0 Å². The van der Waals surface area contributed by atoms with Gasteiger partial charge in [0, 0.05) is 17.7 Å². The Morgan fingerprint density at radius 2 is 2.07 bits per heavy atom. The first kappa shape index (κ1) is 10.3. The number of hydrogen-bond acceptors (Lipinski definition) is 3. The molecule has 1 amide bonds. The fourth-order valence-corrected chi connectivity index (χ4v) is 3.25. The largest absolute Gasteiger partial charge is 0.353 e. The maximum atomic E-state index is 11.8. The Morgan fingerprint density at radius 3 is 2.71 bits per heavy atom. The molecule has 2 N–H and O–H groups in total. The van der Waals surface area contributed by atoms with E-state index in [0.29, 0.717) is 11.9 Å². The minimum absolute atomic E-state index is 0.287. The van der Waals surface area contributed by atoms with Gasteiger partial charge in [-0.25, -0.2) is 0 Å². The highest BCUT2D eigenvalue weighted by Crippen LogP contribution is 2.23. The zero-order valence-corrected chi connectivity index (χ0v) is 9.24. The number of amides is 1. The maximum absolute atomic E-state index is 11.8. The fourth-order valence-electron chi connectivity index (χ4n) is 2.03. The lowest BCUT2D eigenvalue weighted by molar-refractivity contribution is -0.125. The van der Waals surface area contributed by atoms with Gasteiger partial charge in [0.1, 0.15) is 0 Å². The van der Waals surface area contributed by atoms with Crippen LogP contribution in [0.2, 0.25) is 0 Å². The van der Waals surface area contributed by atoms with Gasteiger partial charge in [-0.3, -0.25) is 4.79 Å². The van der Waals surface area contributed by atoms with E-state index in [1.165, 1.54) is 0 Å². The lowest BCUT2D eigenvalue weighted by Gasteiger charge is -2.24. The minimum atomic E-state index is 0.287. The SMILES string of the molecule is O=C(NC1CCNCC1)C1CCSC1. The Balaban J connectivity index is 1.75. The molecule has 0 bridgehead atoms. The molecule has 0 radical (unpaired) electrons. The maximum Gasteiger partial charge on any atom is 0.224 e. The molecule has 0 spiro atoms. The average Bonchev–Trinajstić information content (AvgIpc) is 2.72. The number of carbonyl (C=O) groups is 1. The van der Waals surface area contributed by atoms with Gasteiger partial charge >= 0.3 is 0 Å². The summed E-state index contributed by atoms with van der Waals surface area (Å²) in [7, 11) is 0. The van der Waals surface area contributed by atoms with Gasteiger partial charge < -0.3 is 10.6 Å². The third kappa shape index (κ3) is 2.64. The van der Waals surface area contributed by atoms with Crippen LogP contribution in [0.1, 0.15) is 19.3 Å². The quantitative estimate of drug-likeness (QED) is 0.707. The molecule has 1 unspecified atom stereocenters. The van der Waals surface area contributed by atoms with Gasteiger partial charge in [0.15, 0.2) is 0 Å². The molecule has 2 aliphatic rings. The normalized spacial score (nSPS) is 29.0. The first-order valence-electron chi connectivity index (χ1n) is 5.45. The Morgan fingerprint density at radius 1 is 1.29 bits per heavy atom. The number of nitrogens with one attached hydrogen (secondary N) is 2. The fraction of sp³-hybridized carbons (Fsp3) is 0.900. The molecule has 2 rings (SSSR count). The molecular weight excluding hydrogens is 196 g/mol. The summed E-state index contributed by atoms with van der Waals surface area (Å²) in [5.41, 5.74) is 0. The zero-order chi connectivity index (χ0) is 9.80. The summed E-state index contributed by atoms with van der Waals surface area (Å²) in [6.45, 7) is 2.09. The molecule has 80 valence electrons. The predicted molar refractivity (Wildman–Crippen MR) is 59.5 cm³/mol. The second-order valence-corrected chi connectivity index (χ2v) is 5.24. The molecule has 2 fully saturated rings. The summed E-state index contributed by atoms with van der Waals surface area (Å²) in [5.74, 6) is 2.76. The Hall–Kier alpha value is -0.220. The summed E-state index contributed by atoms with van der Waals surface area (Å²) in [4.78, 5) is 11.8. The summed E-state index contributed by atoms with van der Waals surface area (Å²) < 4.78 is 0. The van der Waals surface area contributed by atoms with Crippen LogP contribution in [0.3, 0.4) is 0 Å². The van der Waals surface area contributed by atoms with Crippen molar-refractivity contribution in [3.8, 4) is 0 Å². The Labute approximate surface area is 89.4 Å². The molecule has 0 aromatic heterocycles. The van der Waals surface area contributed by atoms with E-state index in [2.05, 4.69) is 10.6 Å². The Kier molecular flexibility index (Phi) is 3.70. The minimum Gasteiger partial charge on any atom is -0.353 e. The molecule has 2 heterocycles. The van der Waals surface area contributed by atoms with Gasteiger partial charge in [0.25, 0.3) is 0 Å². The molecule has 3 nitrogen and oxygen atoms in total. The first-order chi connectivity index (χ1) is 6.86. The lowest BCUT2D eigenvalue weighted by Crippen LogP contribution is -2.44. The lowest BCUT2D eigenvalue weighted by atomic mass is 10.0. The topological polar surface area (TPSA) is 41.1 Å². The van der Waals surface area contributed by atoms with Crippen molar-refractivity contribution in [1.29, 1.82) is 0 Å². The van der Waals surface area contributed by atoms with Gasteiger partial charge in [-0.2, -0.15) is 11.8 Å². The molecule has 0 aromatic carbocycles. The Bertz CT molecular complexity index is 198. The average molecular weight is 214 g/mol. The van der Waals surface area contributed by atoms with E-state index in [4.69, 9.17) is 0 Å². The summed E-state index contributed by atoms with van der Waals surface area (Å²) in [6, 6.07) is 0.425. The van der Waals surface area contributed by atoms with Gasteiger partial charge in [-0.15, -0.1) is 0 Å². The van der Waals surface area contributed by atoms with Crippen LogP contribution in [-0.4, -0.2) is 36.5 Å². The van der Waals surface area contributed by atoms with Crippen molar-refractivity contribution in [2.24, 2.45) is 5.92 Å². The van der Waals surface area contributed by atoms with Crippen LogP contribution in [0.5, 0.6) is 0 Å². The second-order valence-electron chi connectivity index (χ2n) is 4.09. The van der Waals surface area contributed by atoms with Crippen LogP contribution < -0.4 is 10.6 Å². The van der Waals surface area contributed by atoms with Gasteiger partial charge in [-0.1, -0.05) is 0 Å². The molecule has 0 aromatic rings. The number of rotatable bonds is 2. The molecule has 14 heavy (non-hydrogen) atoms. The van der Waals surface area contributed by atoms with E-state index in [0.717, 1.165) is 43.9 Å². The molecule has 0 saturated carbocycles. The summed E-state index contributed by atoms with van der Waals surface area (Å²) in [6.07, 6.45) is 3.25. The summed E-state index contributed by atoms with van der Waals surface area (Å²) in [5, 5.41) is 6.47. The number of hydrogen-bond donors (Lipinski definition) is 2. The van der Waals surface area contributed by atoms with E-state index in [1.54, 1.807) is 0 Å². The van der Waals surface area contributed by atoms with Crippen LogP contribution in [0.4, 0.5) is 0 Å². The highest BCUT2D eigenvalue weighted by atomic mass is 32.2. The van der Waals surface area contributed by atoms with Crippen molar-refractivity contribution in [2.45, 2.75) is 25.3 Å². The number of carbonyl (C=O) groups excluding carboxylic acids is 1. The van der Waals surface area contributed by atoms with Crippen LogP contribution >= 0.6 is 11.8 Å². The monoisotopic (exact) mass is 214 g/mol. The second kappa shape index (κ2) is 5.03. The highest BCUT2D eigenvalue weighted by Gasteiger charge is 2.25. The van der Waals surface area contributed by atoms with E-state index < -0.39 is 0 Å². The highest BCUT2D eigenvalue weighted by molar-refractivity contribution is 7.99. The third-order valence-corrected chi connectivity index (χ3v) is 4.15. The van der Waals surface area contributed by atoms with E-state index in [-0.39, 0.29) is 5.92 Å². The van der Waals surface area contributed by atoms with Gasteiger partial charge in [0.2, 0.25) is 5.91 Å². The third-order valence-electron chi connectivity index (χ3n) is 2.99. The van der Waals surface area contributed by atoms with Crippen molar-refractivity contribution in [3.63, 3.8) is 0 Å². The molecular formula is C10H18N2OS. The van der Waals surface area contributed by atoms with Crippen molar-refractivity contribution >= 4 is 17.7 Å². The first-order valence-corrected chi connectivity index (χ1v) is 6.60. The molecule has 1 atom stereocenters. The van der Waals surface area contributed by atoms with E-state index in [9.17, 15) is 4.79 Å². The molecule has 2 aliphatic heterocycles. The predicted octanol–water partition coefficient (Wildman–Crippen LogP) is 0.608. The standard InChI is InChI=1S/C10H18N2OS/c13-10(8-3-6-14-7-8)12-9-1-4-11-5-2-9/h8-9,11H,1-7H2,(H,12,13). The van der Waals surface area contributed by atoms with Gasteiger partial charge in [-0.05, 0) is 38.1 Å². The van der Waals surface area contributed by atoms with Crippen molar-refractivity contribution < 1.29 is 4.79 Å². The van der Waals surface area contributed by atoms with E-state index in [1.807, 2.05) is 11.8 Å². The van der Waals surface area contributed by atoms with Crippen LogP contribution in [0.15, 0.2) is 0 Å². The summed E-state index contributed by atoms with van der Waals surface area (Å²) >= 11 is 1.90. The van der Waals surface area contributed by atoms with Crippen LogP contribution in [-0.2, 0) is 4.79 Å². The van der Waals surface area contributed by atoms with Crippen molar-refractivity contribution in [3.05, 3.63) is 0 Å². The van der Waals surface area contributed by atoms with Crippen molar-refractivity contribution in [2.75, 3.05) is 24.6 Å².